The van der Waals surface area contributed by atoms with E-state index in [0.717, 1.165) is 44.6 Å². The summed E-state index contributed by atoms with van der Waals surface area (Å²) < 4.78 is 0. The minimum atomic E-state index is 0.196. The van der Waals surface area contributed by atoms with Crippen LogP contribution in [-0.4, -0.2) is 38.8 Å². The number of hydrogen-bond acceptors (Lipinski definition) is 5. The van der Waals surface area contributed by atoms with Crippen molar-refractivity contribution in [3.63, 3.8) is 0 Å². The van der Waals surface area contributed by atoms with Crippen LogP contribution in [0.15, 0.2) is 36.8 Å². The first kappa shape index (κ1) is 16.4. The molecule has 3 rings (SSSR count). The Morgan fingerprint density at radius 1 is 1.21 bits per heavy atom. The Bertz CT molecular complexity index is 668. The van der Waals surface area contributed by atoms with Gasteiger partial charge in [-0.15, -0.1) is 0 Å². The van der Waals surface area contributed by atoms with Gasteiger partial charge in [0.05, 0.1) is 0 Å². The van der Waals surface area contributed by atoms with Gasteiger partial charge in [0.2, 0.25) is 11.9 Å². The maximum Gasteiger partial charge on any atom is 0.228 e. The zero-order valence-electron chi connectivity index (χ0n) is 14.0. The van der Waals surface area contributed by atoms with Crippen LogP contribution in [0.3, 0.4) is 0 Å². The highest BCUT2D eigenvalue weighted by molar-refractivity contribution is 5.73. The van der Waals surface area contributed by atoms with Crippen molar-refractivity contribution in [1.29, 1.82) is 0 Å². The molecule has 1 saturated heterocycles. The number of aromatic nitrogens is 3. The first-order valence-corrected chi connectivity index (χ1v) is 8.45. The lowest BCUT2D eigenvalue weighted by molar-refractivity contribution is -0.130. The topological polar surface area (TPSA) is 71.0 Å². The fraction of sp³-hybridized carbons (Fsp3) is 0.444. The zero-order valence-corrected chi connectivity index (χ0v) is 14.0. The predicted octanol–water partition coefficient (Wildman–Crippen LogP) is 2.81. The highest BCUT2D eigenvalue weighted by Gasteiger charge is 2.20. The second-order valence-corrected chi connectivity index (χ2v) is 6.23. The first-order chi connectivity index (χ1) is 11.7. The molecule has 1 aliphatic rings. The van der Waals surface area contributed by atoms with Gasteiger partial charge in [0, 0.05) is 38.6 Å². The molecular formula is C18H23N5O. The minimum absolute atomic E-state index is 0.196. The summed E-state index contributed by atoms with van der Waals surface area (Å²) >= 11 is 0. The molecule has 24 heavy (non-hydrogen) atoms. The summed E-state index contributed by atoms with van der Waals surface area (Å²) in [6.45, 7) is 3.45. The molecule has 0 atom stereocenters. The van der Waals surface area contributed by atoms with E-state index in [9.17, 15) is 4.79 Å². The van der Waals surface area contributed by atoms with Crippen LogP contribution in [0, 0.1) is 5.92 Å². The number of piperidine rings is 1. The van der Waals surface area contributed by atoms with Crippen LogP contribution < -0.4 is 5.32 Å². The van der Waals surface area contributed by atoms with Gasteiger partial charge in [-0.1, -0.05) is 0 Å². The summed E-state index contributed by atoms with van der Waals surface area (Å²) in [7, 11) is 0. The van der Waals surface area contributed by atoms with E-state index in [1.165, 1.54) is 5.56 Å². The van der Waals surface area contributed by atoms with Crippen LogP contribution in [0.25, 0.3) is 0 Å². The molecule has 1 N–H and O–H groups in total. The van der Waals surface area contributed by atoms with Gasteiger partial charge in [-0.25, -0.2) is 15.0 Å². The van der Waals surface area contributed by atoms with E-state index in [-0.39, 0.29) is 5.91 Å². The SMILES string of the molecule is CC(=O)N1CCC(CCc2ccnc(Nc3ncccn3)c2)CC1. The van der Waals surface area contributed by atoms with Gasteiger partial charge >= 0.3 is 0 Å². The number of hydrogen-bond donors (Lipinski definition) is 1. The average Bonchev–Trinajstić information content (AvgIpc) is 2.61. The summed E-state index contributed by atoms with van der Waals surface area (Å²) in [5.41, 5.74) is 1.26. The molecule has 6 heteroatoms. The van der Waals surface area contributed by atoms with Gasteiger partial charge in [-0.2, -0.15) is 0 Å². The van der Waals surface area contributed by atoms with E-state index in [0.29, 0.717) is 11.9 Å². The predicted molar refractivity (Wildman–Crippen MR) is 92.9 cm³/mol. The maximum absolute atomic E-state index is 11.4. The number of likely N-dealkylation sites (tertiary alicyclic amines) is 1. The second kappa shape index (κ2) is 7.86. The molecule has 0 bridgehead atoms. The average molecular weight is 325 g/mol. The third kappa shape index (κ3) is 4.50. The number of nitrogens with one attached hydrogen (secondary N) is 1. The number of amides is 1. The molecule has 1 aliphatic heterocycles. The third-order valence-electron chi connectivity index (χ3n) is 4.53. The number of anilines is 2. The molecule has 0 saturated carbocycles. The number of nitrogens with zero attached hydrogens (tertiary/aromatic N) is 4. The summed E-state index contributed by atoms with van der Waals surface area (Å²) in [5.74, 6) is 2.22. The number of carbonyl (C=O) groups is 1. The van der Waals surface area contributed by atoms with Gasteiger partial charge in [-0.3, -0.25) is 4.79 Å². The first-order valence-electron chi connectivity index (χ1n) is 8.45. The molecule has 2 aromatic rings. The summed E-state index contributed by atoms with van der Waals surface area (Å²) in [5, 5.41) is 3.12. The molecule has 0 spiro atoms. The number of pyridine rings is 1. The highest BCUT2D eigenvalue weighted by Crippen LogP contribution is 2.23. The van der Waals surface area contributed by atoms with Gasteiger partial charge in [-0.05, 0) is 55.4 Å². The Morgan fingerprint density at radius 2 is 1.96 bits per heavy atom. The van der Waals surface area contributed by atoms with E-state index in [1.807, 2.05) is 11.1 Å². The van der Waals surface area contributed by atoms with Crippen molar-refractivity contribution in [3.8, 4) is 0 Å². The van der Waals surface area contributed by atoms with Crippen molar-refractivity contribution in [2.45, 2.75) is 32.6 Å². The van der Waals surface area contributed by atoms with E-state index >= 15 is 0 Å². The van der Waals surface area contributed by atoms with Crippen LogP contribution >= 0.6 is 0 Å². The molecular weight excluding hydrogens is 302 g/mol. The quantitative estimate of drug-likeness (QED) is 0.915. The maximum atomic E-state index is 11.4. The summed E-state index contributed by atoms with van der Waals surface area (Å²) in [4.78, 5) is 25.9. The number of rotatable bonds is 5. The molecule has 0 aliphatic carbocycles. The lowest BCUT2D eigenvalue weighted by Gasteiger charge is -2.31. The van der Waals surface area contributed by atoms with Crippen molar-refractivity contribution >= 4 is 17.7 Å². The van der Waals surface area contributed by atoms with Crippen molar-refractivity contribution in [1.82, 2.24) is 19.9 Å². The highest BCUT2D eigenvalue weighted by atomic mass is 16.2. The van der Waals surface area contributed by atoms with Gasteiger partial charge in [0.25, 0.3) is 0 Å². The van der Waals surface area contributed by atoms with Crippen molar-refractivity contribution in [2.24, 2.45) is 5.92 Å². The Hall–Kier alpha value is -2.50. The normalized spacial score (nSPS) is 15.3. The third-order valence-corrected chi connectivity index (χ3v) is 4.53. The molecule has 0 aromatic carbocycles. The fourth-order valence-corrected chi connectivity index (χ4v) is 3.08. The standard InChI is InChI=1S/C18H23N5O/c1-14(24)23-11-6-15(7-12-23)3-4-16-5-10-19-17(13-16)22-18-20-8-2-9-21-18/h2,5,8-10,13,15H,3-4,6-7,11-12H2,1H3,(H,19,20,21,22). The molecule has 2 aromatic heterocycles. The van der Waals surface area contributed by atoms with Gasteiger partial charge in [0.15, 0.2) is 0 Å². The van der Waals surface area contributed by atoms with Gasteiger partial charge in [0.1, 0.15) is 5.82 Å². The molecule has 126 valence electrons. The monoisotopic (exact) mass is 325 g/mol. The lowest BCUT2D eigenvalue weighted by atomic mass is 9.90. The van der Waals surface area contributed by atoms with Gasteiger partial charge < -0.3 is 10.2 Å². The molecule has 6 nitrogen and oxygen atoms in total. The van der Waals surface area contributed by atoms with E-state index in [1.54, 1.807) is 25.4 Å². The molecule has 1 fully saturated rings. The van der Waals surface area contributed by atoms with E-state index < -0.39 is 0 Å². The van der Waals surface area contributed by atoms with E-state index in [2.05, 4.69) is 32.4 Å². The van der Waals surface area contributed by atoms with Crippen LogP contribution in [0.5, 0.6) is 0 Å². The Labute approximate surface area is 142 Å². The van der Waals surface area contributed by atoms with Crippen LogP contribution in [0.2, 0.25) is 0 Å². The van der Waals surface area contributed by atoms with Crippen LogP contribution in [0.1, 0.15) is 31.7 Å². The smallest absolute Gasteiger partial charge is 0.228 e. The lowest BCUT2D eigenvalue weighted by Crippen LogP contribution is -2.37. The Kier molecular flexibility index (Phi) is 5.36. The second-order valence-electron chi connectivity index (χ2n) is 6.23. The Balaban J connectivity index is 1.51. The Morgan fingerprint density at radius 3 is 2.67 bits per heavy atom. The minimum Gasteiger partial charge on any atom is -0.343 e. The largest absolute Gasteiger partial charge is 0.343 e. The molecule has 1 amide bonds. The summed E-state index contributed by atoms with van der Waals surface area (Å²) in [6, 6.07) is 5.90. The van der Waals surface area contributed by atoms with Crippen molar-refractivity contribution < 1.29 is 4.79 Å². The molecule has 3 heterocycles. The fourth-order valence-electron chi connectivity index (χ4n) is 3.08. The molecule has 0 radical (unpaired) electrons. The van der Waals surface area contributed by atoms with Crippen molar-refractivity contribution in [2.75, 3.05) is 18.4 Å². The number of carbonyl (C=O) groups excluding carboxylic acids is 1. The van der Waals surface area contributed by atoms with Crippen LogP contribution in [0.4, 0.5) is 11.8 Å². The van der Waals surface area contributed by atoms with E-state index in [4.69, 9.17) is 0 Å². The molecule has 0 unspecified atom stereocenters. The van der Waals surface area contributed by atoms with Crippen molar-refractivity contribution in [3.05, 3.63) is 42.4 Å². The zero-order chi connectivity index (χ0) is 16.8. The van der Waals surface area contributed by atoms with Crippen LogP contribution in [-0.2, 0) is 11.2 Å². The number of aryl methyl sites for hydroxylation is 1. The summed E-state index contributed by atoms with van der Waals surface area (Å²) in [6.07, 6.45) is 9.61.